The monoisotopic (exact) mass is 275 g/mol. The van der Waals surface area contributed by atoms with Crippen LogP contribution < -0.4 is 5.73 Å². The molecule has 82 valence electrons. The zero-order valence-electron chi connectivity index (χ0n) is 7.95. The Morgan fingerprint density at radius 2 is 2.33 bits per heavy atom. The van der Waals surface area contributed by atoms with E-state index in [2.05, 4.69) is 15.9 Å². The van der Waals surface area contributed by atoms with E-state index >= 15 is 0 Å². The predicted octanol–water partition coefficient (Wildman–Crippen LogP) is 1.96. The molecule has 2 atom stereocenters. The minimum atomic E-state index is -0.450. The average Bonchev–Trinajstić information content (AvgIpc) is 2.66. The second-order valence-electron chi connectivity index (χ2n) is 3.32. The SMILES string of the molecule is NCC1COC(c2ccc(F)cc2Br)O1. The molecule has 1 aromatic rings. The third-order valence-corrected chi connectivity index (χ3v) is 2.92. The van der Waals surface area contributed by atoms with Crippen molar-refractivity contribution in [2.24, 2.45) is 5.73 Å². The molecule has 1 fully saturated rings. The topological polar surface area (TPSA) is 44.5 Å². The van der Waals surface area contributed by atoms with Crippen molar-refractivity contribution in [1.82, 2.24) is 0 Å². The van der Waals surface area contributed by atoms with E-state index in [4.69, 9.17) is 15.2 Å². The lowest BCUT2D eigenvalue weighted by Gasteiger charge is -2.12. The molecule has 2 N–H and O–H groups in total. The van der Waals surface area contributed by atoms with Crippen LogP contribution in [0.15, 0.2) is 22.7 Å². The van der Waals surface area contributed by atoms with Gasteiger partial charge < -0.3 is 15.2 Å². The number of ether oxygens (including phenoxy) is 2. The molecule has 2 rings (SSSR count). The van der Waals surface area contributed by atoms with Crippen molar-refractivity contribution in [2.75, 3.05) is 13.2 Å². The summed E-state index contributed by atoms with van der Waals surface area (Å²) in [6, 6.07) is 4.41. The Labute approximate surface area is 95.5 Å². The van der Waals surface area contributed by atoms with Crippen molar-refractivity contribution in [3.63, 3.8) is 0 Å². The lowest BCUT2D eigenvalue weighted by Crippen LogP contribution is -2.21. The molecule has 0 saturated carbocycles. The van der Waals surface area contributed by atoms with Gasteiger partial charge in [-0.15, -0.1) is 0 Å². The van der Waals surface area contributed by atoms with E-state index in [1.54, 1.807) is 6.07 Å². The Hall–Kier alpha value is -0.490. The van der Waals surface area contributed by atoms with Crippen LogP contribution in [0.4, 0.5) is 4.39 Å². The van der Waals surface area contributed by atoms with Crippen LogP contribution in [0.1, 0.15) is 11.9 Å². The van der Waals surface area contributed by atoms with Gasteiger partial charge in [0, 0.05) is 16.6 Å². The predicted molar refractivity (Wildman–Crippen MR) is 56.7 cm³/mol. The standard InChI is InChI=1S/C10H11BrFNO2/c11-9-3-6(12)1-2-8(9)10-14-5-7(4-13)15-10/h1-3,7,10H,4-5,13H2. The molecule has 0 aromatic heterocycles. The van der Waals surface area contributed by atoms with E-state index in [1.807, 2.05) is 0 Å². The van der Waals surface area contributed by atoms with Gasteiger partial charge in [-0.3, -0.25) is 0 Å². The zero-order valence-corrected chi connectivity index (χ0v) is 9.54. The van der Waals surface area contributed by atoms with Gasteiger partial charge in [0.1, 0.15) is 5.82 Å². The molecular weight excluding hydrogens is 265 g/mol. The lowest BCUT2D eigenvalue weighted by molar-refractivity contribution is -0.0590. The molecule has 2 unspecified atom stereocenters. The fraction of sp³-hybridized carbons (Fsp3) is 0.400. The Balaban J connectivity index is 2.17. The highest BCUT2D eigenvalue weighted by molar-refractivity contribution is 9.10. The highest BCUT2D eigenvalue weighted by atomic mass is 79.9. The summed E-state index contributed by atoms with van der Waals surface area (Å²) in [5.41, 5.74) is 6.24. The maximum atomic E-state index is 12.8. The van der Waals surface area contributed by atoms with Crippen molar-refractivity contribution in [3.8, 4) is 0 Å². The van der Waals surface area contributed by atoms with Crippen molar-refractivity contribution in [3.05, 3.63) is 34.1 Å². The molecular formula is C10H11BrFNO2. The minimum Gasteiger partial charge on any atom is -0.346 e. The number of hydrogen-bond donors (Lipinski definition) is 1. The van der Waals surface area contributed by atoms with Gasteiger partial charge in [0.15, 0.2) is 6.29 Å². The van der Waals surface area contributed by atoms with E-state index in [0.29, 0.717) is 17.6 Å². The quantitative estimate of drug-likeness (QED) is 0.898. The highest BCUT2D eigenvalue weighted by Crippen LogP contribution is 2.32. The van der Waals surface area contributed by atoms with Crippen molar-refractivity contribution in [2.45, 2.75) is 12.4 Å². The van der Waals surface area contributed by atoms with Gasteiger partial charge in [0.2, 0.25) is 0 Å². The largest absolute Gasteiger partial charge is 0.346 e. The molecule has 1 aliphatic rings. The van der Waals surface area contributed by atoms with Crippen molar-refractivity contribution >= 4 is 15.9 Å². The summed E-state index contributed by atoms with van der Waals surface area (Å²) >= 11 is 3.27. The van der Waals surface area contributed by atoms with Crippen molar-refractivity contribution in [1.29, 1.82) is 0 Å². The first-order valence-electron chi connectivity index (χ1n) is 4.63. The fourth-order valence-corrected chi connectivity index (χ4v) is 1.97. The van der Waals surface area contributed by atoms with Crippen LogP contribution in [-0.4, -0.2) is 19.3 Å². The second-order valence-corrected chi connectivity index (χ2v) is 4.18. The van der Waals surface area contributed by atoms with Crippen molar-refractivity contribution < 1.29 is 13.9 Å². The Kier molecular flexibility index (Phi) is 3.35. The van der Waals surface area contributed by atoms with Gasteiger partial charge in [-0.1, -0.05) is 15.9 Å². The lowest BCUT2D eigenvalue weighted by atomic mass is 10.2. The van der Waals surface area contributed by atoms with Crippen LogP contribution in [0.25, 0.3) is 0 Å². The normalized spacial score (nSPS) is 25.8. The molecule has 0 bridgehead atoms. The number of halogens is 2. The van der Waals surface area contributed by atoms with Gasteiger partial charge in [-0.25, -0.2) is 4.39 Å². The van der Waals surface area contributed by atoms with Gasteiger partial charge in [-0.05, 0) is 18.2 Å². The van der Waals surface area contributed by atoms with Crippen LogP contribution in [-0.2, 0) is 9.47 Å². The van der Waals surface area contributed by atoms with Gasteiger partial charge >= 0.3 is 0 Å². The van der Waals surface area contributed by atoms with Crippen LogP contribution in [0, 0.1) is 5.82 Å². The van der Waals surface area contributed by atoms with Crippen LogP contribution in [0.5, 0.6) is 0 Å². The van der Waals surface area contributed by atoms with E-state index in [1.165, 1.54) is 12.1 Å². The molecule has 0 aliphatic carbocycles. The molecule has 1 aromatic carbocycles. The van der Waals surface area contributed by atoms with Crippen LogP contribution in [0.2, 0.25) is 0 Å². The summed E-state index contributed by atoms with van der Waals surface area (Å²) in [4.78, 5) is 0. The number of hydrogen-bond acceptors (Lipinski definition) is 3. The first kappa shape index (κ1) is 11.0. The summed E-state index contributed by atoms with van der Waals surface area (Å²) in [6.45, 7) is 0.903. The minimum absolute atomic E-state index is 0.0769. The average molecular weight is 276 g/mol. The number of rotatable bonds is 2. The highest BCUT2D eigenvalue weighted by Gasteiger charge is 2.27. The Morgan fingerprint density at radius 1 is 1.53 bits per heavy atom. The molecule has 1 saturated heterocycles. The molecule has 1 aliphatic heterocycles. The van der Waals surface area contributed by atoms with E-state index in [9.17, 15) is 4.39 Å². The molecule has 15 heavy (non-hydrogen) atoms. The Morgan fingerprint density at radius 3 is 2.93 bits per heavy atom. The maximum absolute atomic E-state index is 12.8. The van der Waals surface area contributed by atoms with E-state index in [-0.39, 0.29) is 11.9 Å². The van der Waals surface area contributed by atoms with Gasteiger partial charge in [0.25, 0.3) is 0 Å². The first-order valence-corrected chi connectivity index (χ1v) is 5.42. The summed E-state index contributed by atoms with van der Waals surface area (Å²) < 4.78 is 24.4. The third kappa shape index (κ3) is 2.36. The summed E-state index contributed by atoms with van der Waals surface area (Å²) in [6.07, 6.45) is -0.527. The van der Waals surface area contributed by atoms with Gasteiger partial charge in [-0.2, -0.15) is 0 Å². The Bertz CT molecular complexity index is 361. The fourth-order valence-electron chi connectivity index (χ4n) is 1.43. The third-order valence-electron chi connectivity index (χ3n) is 2.23. The van der Waals surface area contributed by atoms with Crippen LogP contribution in [0.3, 0.4) is 0 Å². The zero-order chi connectivity index (χ0) is 10.8. The van der Waals surface area contributed by atoms with E-state index < -0.39 is 6.29 Å². The molecule has 3 nitrogen and oxygen atoms in total. The van der Waals surface area contributed by atoms with E-state index in [0.717, 1.165) is 5.56 Å². The molecule has 0 radical (unpaired) electrons. The number of nitrogens with two attached hydrogens (primary N) is 1. The second kappa shape index (κ2) is 4.57. The summed E-state index contributed by atoms with van der Waals surface area (Å²) in [5.74, 6) is -0.293. The molecule has 0 amide bonds. The molecule has 1 heterocycles. The van der Waals surface area contributed by atoms with Crippen LogP contribution >= 0.6 is 15.9 Å². The first-order chi connectivity index (χ1) is 7.20. The summed E-state index contributed by atoms with van der Waals surface area (Å²) in [7, 11) is 0. The number of benzene rings is 1. The van der Waals surface area contributed by atoms with Gasteiger partial charge in [0.05, 0.1) is 12.7 Å². The molecule has 0 spiro atoms. The summed E-state index contributed by atoms with van der Waals surface area (Å²) in [5, 5.41) is 0. The smallest absolute Gasteiger partial charge is 0.185 e. The molecule has 5 heteroatoms. The maximum Gasteiger partial charge on any atom is 0.185 e.